The van der Waals surface area contributed by atoms with Crippen molar-refractivity contribution < 1.29 is 4.79 Å². The van der Waals surface area contributed by atoms with Crippen molar-refractivity contribution >= 4 is 17.2 Å². The molecule has 0 bridgehead atoms. The SMILES string of the molecule is Cn1nc(C(=O)NCCc2ccccc2)c2c1CC[C@@H](NCc1nccs1)C2. The van der Waals surface area contributed by atoms with E-state index in [1.54, 1.807) is 11.3 Å². The van der Waals surface area contributed by atoms with Gasteiger partial charge in [0.05, 0.1) is 0 Å². The number of amides is 1. The second-order valence-corrected chi connectivity index (χ2v) is 8.11. The quantitative estimate of drug-likeness (QED) is 0.645. The molecule has 3 aromatic rings. The zero-order valence-electron chi connectivity index (χ0n) is 16.0. The van der Waals surface area contributed by atoms with Crippen molar-refractivity contribution in [2.45, 2.75) is 38.3 Å². The Hall–Kier alpha value is -2.51. The van der Waals surface area contributed by atoms with E-state index in [0.29, 0.717) is 18.3 Å². The fraction of sp³-hybridized carbons (Fsp3) is 0.381. The van der Waals surface area contributed by atoms with E-state index in [4.69, 9.17) is 0 Å². The molecule has 7 heteroatoms. The lowest BCUT2D eigenvalue weighted by molar-refractivity contribution is 0.0947. The average molecular weight is 396 g/mol. The van der Waals surface area contributed by atoms with Crippen LogP contribution in [0, 0.1) is 0 Å². The van der Waals surface area contributed by atoms with Crippen LogP contribution in [0.3, 0.4) is 0 Å². The van der Waals surface area contributed by atoms with E-state index in [0.717, 1.165) is 42.8 Å². The van der Waals surface area contributed by atoms with Crippen LogP contribution in [0.4, 0.5) is 0 Å². The fourth-order valence-corrected chi connectivity index (χ4v) is 4.33. The van der Waals surface area contributed by atoms with Gasteiger partial charge in [-0.15, -0.1) is 11.3 Å². The Labute approximate surface area is 169 Å². The maximum atomic E-state index is 12.8. The maximum Gasteiger partial charge on any atom is 0.272 e. The molecule has 6 nitrogen and oxygen atoms in total. The summed E-state index contributed by atoms with van der Waals surface area (Å²) in [5, 5.41) is 14.2. The zero-order chi connectivity index (χ0) is 19.3. The molecule has 0 unspecified atom stereocenters. The monoisotopic (exact) mass is 395 g/mol. The van der Waals surface area contributed by atoms with E-state index in [-0.39, 0.29) is 5.91 Å². The Morgan fingerprint density at radius 2 is 2.18 bits per heavy atom. The van der Waals surface area contributed by atoms with Gasteiger partial charge in [0.1, 0.15) is 5.01 Å². The number of hydrogen-bond donors (Lipinski definition) is 2. The van der Waals surface area contributed by atoms with Crippen molar-refractivity contribution in [3.63, 3.8) is 0 Å². The molecule has 0 spiro atoms. The summed E-state index contributed by atoms with van der Waals surface area (Å²) < 4.78 is 1.87. The van der Waals surface area contributed by atoms with E-state index >= 15 is 0 Å². The number of carbonyl (C=O) groups is 1. The van der Waals surface area contributed by atoms with Gasteiger partial charge in [-0.25, -0.2) is 4.98 Å². The Morgan fingerprint density at radius 3 is 2.96 bits per heavy atom. The van der Waals surface area contributed by atoms with Crippen molar-refractivity contribution in [2.75, 3.05) is 6.54 Å². The maximum absolute atomic E-state index is 12.8. The highest BCUT2D eigenvalue weighted by atomic mass is 32.1. The predicted molar refractivity (Wildman–Crippen MR) is 110 cm³/mol. The highest BCUT2D eigenvalue weighted by Crippen LogP contribution is 2.24. The third-order valence-electron chi connectivity index (χ3n) is 5.24. The molecular formula is C21H25N5OS. The van der Waals surface area contributed by atoms with Gasteiger partial charge in [0.15, 0.2) is 5.69 Å². The molecule has 2 N–H and O–H groups in total. The fourth-order valence-electron chi connectivity index (χ4n) is 3.77. The molecule has 0 fully saturated rings. The number of carbonyl (C=O) groups excluding carboxylic acids is 1. The van der Waals surface area contributed by atoms with Crippen LogP contribution >= 0.6 is 11.3 Å². The van der Waals surface area contributed by atoms with Gasteiger partial charge < -0.3 is 10.6 Å². The van der Waals surface area contributed by atoms with Crippen LogP contribution in [0.25, 0.3) is 0 Å². The van der Waals surface area contributed by atoms with Crippen molar-refractivity contribution in [3.8, 4) is 0 Å². The smallest absolute Gasteiger partial charge is 0.272 e. The normalized spacial score (nSPS) is 16.0. The number of nitrogens with one attached hydrogen (secondary N) is 2. The molecule has 0 aliphatic heterocycles. The van der Waals surface area contributed by atoms with Crippen molar-refractivity contribution in [1.82, 2.24) is 25.4 Å². The lowest BCUT2D eigenvalue weighted by Gasteiger charge is -2.23. The van der Waals surface area contributed by atoms with Crippen LogP contribution in [0.15, 0.2) is 41.9 Å². The summed E-state index contributed by atoms with van der Waals surface area (Å²) in [5.74, 6) is -0.0756. The minimum absolute atomic E-state index is 0.0756. The number of hydrogen-bond acceptors (Lipinski definition) is 5. The number of nitrogens with zero attached hydrogens (tertiary/aromatic N) is 3. The van der Waals surface area contributed by atoms with Gasteiger partial charge in [-0.1, -0.05) is 30.3 Å². The highest BCUT2D eigenvalue weighted by molar-refractivity contribution is 7.09. The van der Waals surface area contributed by atoms with Gasteiger partial charge >= 0.3 is 0 Å². The van der Waals surface area contributed by atoms with Crippen LogP contribution in [0.1, 0.15) is 38.7 Å². The van der Waals surface area contributed by atoms with Crippen LogP contribution in [0.2, 0.25) is 0 Å². The van der Waals surface area contributed by atoms with E-state index < -0.39 is 0 Å². The Bertz CT molecular complexity index is 920. The second-order valence-electron chi connectivity index (χ2n) is 7.14. The summed E-state index contributed by atoms with van der Waals surface area (Å²) in [6, 6.07) is 10.5. The largest absolute Gasteiger partial charge is 0.350 e. The van der Waals surface area contributed by atoms with Crippen molar-refractivity contribution in [2.24, 2.45) is 7.05 Å². The Balaban J connectivity index is 1.38. The summed E-state index contributed by atoms with van der Waals surface area (Å²) in [5.41, 5.74) is 4.06. The summed E-state index contributed by atoms with van der Waals surface area (Å²) in [7, 11) is 1.93. The van der Waals surface area contributed by atoms with Crippen LogP contribution in [-0.2, 0) is 32.9 Å². The first kappa shape index (κ1) is 18.8. The molecule has 1 amide bonds. The molecule has 1 aromatic carbocycles. The standard InChI is InChI=1S/C21H25N5OS/c1-26-18-8-7-16(24-14-19-22-11-12-28-19)13-17(18)20(25-26)21(27)23-10-9-15-5-3-2-4-6-15/h2-6,11-12,16,24H,7-10,13-14H2,1H3,(H,23,27)/t16-/m1/s1. The molecule has 1 aliphatic carbocycles. The third kappa shape index (κ3) is 4.31. The average Bonchev–Trinajstić information content (AvgIpc) is 3.35. The summed E-state index contributed by atoms with van der Waals surface area (Å²) >= 11 is 1.66. The third-order valence-corrected chi connectivity index (χ3v) is 6.02. The molecule has 0 radical (unpaired) electrons. The Kier molecular flexibility index (Phi) is 5.83. The van der Waals surface area contributed by atoms with E-state index in [1.165, 1.54) is 11.3 Å². The molecule has 2 heterocycles. The van der Waals surface area contributed by atoms with Crippen LogP contribution in [-0.4, -0.2) is 33.3 Å². The van der Waals surface area contributed by atoms with Crippen LogP contribution in [0.5, 0.6) is 0 Å². The minimum atomic E-state index is -0.0756. The molecule has 1 aliphatic rings. The van der Waals surface area contributed by atoms with Crippen LogP contribution < -0.4 is 10.6 Å². The minimum Gasteiger partial charge on any atom is -0.350 e. The molecule has 146 valence electrons. The highest BCUT2D eigenvalue weighted by Gasteiger charge is 2.28. The number of benzene rings is 1. The first-order valence-electron chi connectivity index (χ1n) is 9.69. The molecular weight excluding hydrogens is 370 g/mol. The number of aryl methyl sites for hydroxylation is 1. The number of aromatic nitrogens is 3. The molecule has 0 saturated heterocycles. The second kappa shape index (κ2) is 8.67. The van der Waals surface area contributed by atoms with Gasteiger partial charge in [0.2, 0.25) is 0 Å². The number of fused-ring (bicyclic) bond motifs is 1. The number of rotatable bonds is 7. The summed E-state index contributed by atoms with van der Waals surface area (Å²) in [6.45, 7) is 1.39. The van der Waals surface area contributed by atoms with Gasteiger partial charge in [-0.2, -0.15) is 5.10 Å². The van der Waals surface area contributed by atoms with Gasteiger partial charge in [0, 0.05) is 49.0 Å². The molecule has 2 aromatic heterocycles. The van der Waals surface area contributed by atoms with Gasteiger partial charge in [-0.05, 0) is 31.2 Å². The Morgan fingerprint density at radius 1 is 1.32 bits per heavy atom. The van der Waals surface area contributed by atoms with Gasteiger partial charge in [0.25, 0.3) is 5.91 Å². The first-order valence-corrected chi connectivity index (χ1v) is 10.6. The van der Waals surface area contributed by atoms with E-state index in [2.05, 4.69) is 32.8 Å². The predicted octanol–water partition coefficient (Wildman–Crippen LogP) is 2.50. The van der Waals surface area contributed by atoms with Crippen molar-refractivity contribution in [3.05, 3.63) is 69.4 Å². The lowest BCUT2D eigenvalue weighted by Crippen LogP contribution is -2.35. The van der Waals surface area contributed by atoms with Gasteiger partial charge in [-0.3, -0.25) is 9.48 Å². The van der Waals surface area contributed by atoms with E-state index in [9.17, 15) is 4.79 Å². The van der Waals surface area contributed by atoms with E-state index in [1.807, 2.05) is 41.5 Å². The summed E-state index contributed by atoms with van der Waals surface area (Å²) in [6.07, 6.45) is 5.47. The lowest BCUT2D eigenvalue weighted by atomic mass is 9.91. The molecule has 1 atom stereocenters. The molecule has 28 heavy (non-hydrogen) atoms. The molecule has 4 rings (SSSR count). The summed E-state index contributed by atoms with van der Waals surface area (Å²) in [4.78, 5) is 17.1. The zero-order valence-corrected chi connectivity index (χ0v) is 16.8. The topological polar surface area (TPSA) is 71.8 Å². The number of thiazole rings is 1. The first-order chi connectivity index (χ1) is 13.7. The molecule has 0 saturated carbocycles. The van der Waals surface area contributed by atoms with Crippen molar-refractivity contribution in [1.29, 1.82) is 0 Å².